The molecule has 0 atom stereocenters. The van der Waals surface area contributed by atoms with Gasteiger partial charge in [0.2, 0.25) is 0 Å². The smallest absolute Gasteiger partial charge is 0.355 e. The Morgan fingerprint density at radius 2 is 2.33 bits per heavy atom. The molecule has 0 aliphatic carbocycles. The van der Waals surface area contributed by atoms with Crippen molar-refractivity contribution in [2.75, 3.05) is 6.61 Å². The number of aromatic amines is 1. The van der Waals surface area contributed by atoms with Crippen LogP contribution in [0.3, 0.4) is 0 Å². The maximum atomic E-state index is 10.9. The van der Waals surface area contributed by atoms with Crippen LogP contribution < -0.4 is 5.73 Å². The highest BCUT2D eigenvalue weighted by Gasteiger charge is 2.07. The van der Waals surface area contributed by atoms with E-state index in [-0.39, 0.29) is 0 Å². The lowest BCUT2D eigenvalue weighted by Gasteiger charge is -1.98. The molecule has 3 N–H and O–H groups in total. The molecule has 0 aliphatic rings. The molecule has 5 heteroatoms. The Hall–Kier alpha value is -1.78. The minimum Gasteiger partial charge on any atom is -0.451 e. The number of primary amides is 1. The maximum Gasteiger partial charge on any atom is 0.355 e. The highest BCUT2D eigenvalue weighted by Crippen LogP contribution is 1.96. The third kappa shape index (κ3) is 2.12. The average molecular weight is 168 g/mol. The second-order valence-electron chi connectivity index (χ2n) is 2.13. The maximum absolute atomic E-state index is 10.9. The number of hydrogen-bond acceptors (Lipinski definition) is 3. The van der Waals surface area contributed by atoms with E-state index in [9.17, 15) is 9.59 Å². The van der Waals surface area contributed by atoms with Crippen molar-refractivity contribution >= 4 is 11.9 Å². The summed E-state index contributed by atoms with van der Waals surface area (Å²) in [5, 5.41) is 0. The van der Waals surface area contributed by atoms with Crippen LogP contribution in [0.1, 0.15) is 10.5 Å². The first-order valence-electron chi connectivity index (χ1n) is 3.29. The summed E-state index contributed by atoms with van der Waals surface area (Å²) in [7, 11) is 0. The Bertz CT molecular complexity index is 279. The van der Waals surface area contributed by atoms with E-state index in [1.54, 1.807) is 18.3 Å². The number of rotatable bonds is 3. The SMILES string of the molecule is NC(=O)COC(=O)c1ccc[nH]1. The number of ether oxygens (including phenoxy) is 1. The van der Waals surface area contributed by atoms with Gasteiger partial charge in [-0.3, -0.25) is 4.79 Å². The highest BCUT2D eigenvalue weighted by atomic mass is 16.5. The van der Waals surface area contributed by atoms with Gasteiger partial charge in [-0.25, -0.2) is 4.79 Å². The number of esters is 1. The minimum atomic E-state index is -0.671. The molecule has 0 aliphatic heterocycles. The van der Waals surface area contributed by atoms with Gasteiger partial charge in [0.15, 0.2) is 6.61 Å². The summed E-state index contributed by atoms with van der Waals surface area (Å²) in [6.45, 7) is -0.391. The van der Waals surface area contributed by atoms with Crippen LogP contribution in [-0.4, -0.2) is 23.5 Å². The van der Waals surface area contributed by atoms with E-state index in [0.717, 1.165) is 0 Å². The van der Waals surface area contributed by atoms with Crippen molar-refractivity contribution in [1.82, 2.24) is 4.98 Å². The topological polar surface area (TPSA) is 85.2 Å². The van der Waals surface area contributed by atoms with Crippen molar-refractivity contribution in [2.45, 2.75) is 0 Å². The minimum absolute atomic E-state index is 0.302. The van der Waals surface area contributed by atoms with Crippen molar-refractivity contribution in [1.29, 1.82) is 0 Å². The summed E-state index contributed by atoms with van der Waals surface area (Å²) in [5.74, 6) is -1.26. The first-order valence-corrected chi connectivity index (χ1v) is 3.29. The van der Waals surface area contributed by atoms with Crippen molar-refractivity contribution in [3.05, 3.63) is 24.0 Å². The van der Waals surface area contributed by atoms with Crippen molar-refractivity contribution < 1.29 is 14.3 Å². The monoisotopic (exact) mass is 168 g/mol. The van der Waals surface area contributed by atoms with Crippen LogP contribution in [0, 0.1) is 0 Å². The van der Waals surface area contributed by atoms with Crippen LogP contribution >= 0.6 is 0 Å². The first kappa shape index (κ1) is 8.32. The third-order valence-electron chi connectivity index (χ3n) is 1.16. The molecule has 0 fully saturated rings. The number of nitrogens with one attached hydrogen (secondary N) is 1. The predicted octanol–water partition coefficient (Wildman–Crippen LogP) is -0.343. The fraction of sp³-hybridized carbons (Fsp3) is 0.143. The Morgan fingerprint density at radius 3 is 2.83 bits per heavy atom. The molecule has 0 bridgehead atoms. The van der Waals surface area contributed by atoms with Gasteiger partial charge < -0.3 is 15.5 Å². The number of aromatic nitrogens is 1. The van der Waals surface area contributed by atoms with Crippen LogP contribution in [0.25, 0.3) is 0 Å². The number of amides is 1. The summed E-state index contributed by atoms with van der Waals surface area (Å²) in [5.41, 5.74) is 5.07. The van der Waals surface area contributed by atoms with E-state index in [1.165, 1.54) is 0 Å². The molecular formula is C7H8N2O3. The average Bonchev–Trinajstić information content (AvgIpc) is 2.51. The highest BCUT2D eigenvalue weighted by molar-refractivity contribution is 5.89. The van der Waals surface area contributed by atoms with Gasteiger partial charge in [-0.05, 0) is 12.1 Å². The molecule has 64 valence electrons. The molecule has 12 heavy (non-hydrogen) atoms. The van der Waals surface area contributed by atoms with Gasteiger partial charge in [0.25, 0.3) is 5.91 Å². The summed E-state index contributed by atoms with van der Waals surface area (Å²) in [6, 6.07) is 3.20. The lowest BCUT2D eigenvalue weighted by atomic mass is 10.4. The predicted molar refractivity (Wildman–Crippen MR) is 40.3 cm³/mol. The van der Waals surface area contributed by atoms with Crippen LogP contribution in [-0.2, 0) is 9.53 Å². The zero-order valence-corrected chi connectivity index (χ0v) is 6.24. The van der Waals surface area contributed by atoms with Gasteiger partial charge >= 0.3 is 5.97 Å². The van der Waals surface area contributed by atoms with Crippen LogP contribution in [0.2, 0.25) is 0 Å². The van der Waals surface area contributed by atoms with Gasteiger partial charge in [0, 0.05) is 6.20 Å². The molecule has 0 aromatic carbocycles. The Morgan fingerprint density at radius 1 is 1.58 bits per heavy atom. The lowest BCUT2D eigenvalue weighted by Crippen LogP contribution is -2.20. The fourth-order valence-electron chi connectivity index (χ4n) is 0.672. The van der Waals surface area contributed by atoms with Crippen LogP contribution in [0.15, 0.2) is 18.3 Å². The molecule has 1 rings (SSSR count). The quantitative estimate of drug-likeness (QED) is 0.605. The normalized spacial score (nSPS) is 9.33. The molecule has 0 saturated carbocycles. The number of carbonyl (C=O) groups is 2. The molecule has 1 aromatic rings. The summed E-state index contributed by atoms with van der Waals surface area (Å²) in [6.07, 6.45) is 1.58. The van der Waals surface area contributed by atoms with Gasteiger partial charge in [-0.1, -0.05) is 0 Å². The van der Waals surface area contributed by atoms with Gasteiger partial charge in [-0.15, -0.1) is 0 Å². The second-order valence-corrected chi connectivity index (χ2v) is 2.13. The molecule has 0 unspecified atom stereocenters. The van der Waals surface area contributed by atoms with Crippen LogP contribution in [0.5, 0.6) is 0 Å². The largest absolute Gasteiger partial charge is 0.451 e. The first-order chi connectivity index (χ1) is 5.70. The van der Waals surface area contributed by atoms with E-state index in [4.69, 9.17) is 5.73 Å². The molecule has 1 aromatic heterocycles. The molecule has 0 saturated heterocycles. The van der Waals surface area contributed by atoms with Crippen molar-refractivity contribution in [3.8, 4) is 0 Å². The van der Waals surface area contributed by atoms with Gasteiger partial charge in [-0.2, -0.15) is 0 Å². The molecule has 1 heterocycles. The zero-order valence-electron chi connectivity index (χ0n) is 6.24. The number of carbonyl (C=O) groups excluding carboxylic acids is 2. The van der Waals surface area contributed by atoms with E-state index >= 15 is 0 Å². The summed E-state index contributed by atoms with van der Waals surface area (Å²) in [4.78, 5) is 23.8. The molecule has 0 spiro atoms. The number of hydrogen-bond donors (Lipinski definition) is 2. The van der Waals surface area contributed by atoms with E-state index in [0.29, 0.717) is 5.69 Å². The van der Waals surface area contributed by atoms with E-state index in [1.807, 2.05) is 0 Å². The molecule has 0 radical (unpaired) electrons. The van der Waals surface area contributed by atoms with Crippen molar-refractivity contribution in [2.24, 2.45) is 5.73 Å². The Kier molecular flexibility index (Phi) is 2.47. The number of H-pyrrole nitrogens is 1. The van der Waals surface area contributed by atoms with E-state index in [2.05, 4.69) is 9.72 Å². The summed E-state index contributed by atoms with van der Waals surface area (Å²) < 4.78 is 4.50. The molecule has 5 nitrogen and oxygen atoms in total. The Labute approximate surface area is 68.5 Å². The zero-order chi connectivity index (χ0) is 8.97. The fourth-order valence-corrected chi connectivity index (χ4v) is 0.672. The standard InChI is InChI=1S/C7H8N2O3/c8-6(10)4-12-7(11)5-2-1-3-9-5/h1-3,9H,4H2,(H2,8,10). The lowest BCUT2D eigenvalue weighted by molar-refractivity contribution is -0.121. The Balaban J connectivity index is 2.45. The number of nitrogens with two attached hydrogens (primary N) is 1. The third-order valence-corrected chi connectivity index (χ3v) is 1.16. The van der Waals surface area contributed by atoms with Gasteiger partial charge in [0.1, 0.15) is 5.69 Å². The second kappa shape index (κ2) is 3.56. The molecular weight excluding hydrogens is 160 g/mol. The van der Waals surface area contributed by atoms with E-state index < -0.39 is 18.5 Å². The molecule has 1 amide bonds. The van der Waals surface area contributed by atoms with Gasteiger partial charge in [0.05, 0.1) is 0 Å². The van der Waals surface area contributed by atoms with Crippen molar-refractivity contribution in [3.63, 3.8) is 0 Å². The summed E-state index contributed by atoms with van der Waals surface area (Å²) >= 11 is 0. The van der Waals surface area contributed by atoms with Crippen LogP contribution in [0.4, 0.5) is 0 Å².